The van der Waals surface area contributed by atoms with Gasteiger partial charge in [-0.3, -0.25) is 4.79 Å². The molecule has 21 heavy (non-hydrogen) atoms. The van der Waals surface area contributed by atoms with Crippen LogP contribution in [0, 0.1) is 0 Å². The largest absolute Gasteiger partial charge is 0.481 e. The first kappa shape index (κ1) is 13.6. The summed E-state index contributed by atoms with van der Waals surface area (Å²) < 4.78 is 6.90. The van der Waals surface area contributed by atoms with Crippen molar-refractivity contribution in [3.05, 3.63) is 36.2 Å². The number of aromatic nitrogens is 3. The fraction of sp³-hybridized carbons (Fsp3) is 0.400. The molecule has 1 N–H and O–H groups in total. The molecule has 2 aromatic heterocycles. The van der Waals surface area contributed by atoms with E-state index in [9.17, 15) is 4.79 Å². The van der Waals surface area contributed by atoms with Crippen molar-refractivity contribution in [2.24, 2.45) is 0 Å². The normalized spacial score (nSPS) is 15.1. The first-order valence-electron chi connectivity index (χ1n) is 7.13. The lowest BCUT2D eigenvalue weighted by molar-refractivity contribution is 0.102. The van der Waals surface area contributed by atoms with Crippen LogP contribution in [-0.4, -0.2) is 27.8 Å². The van der Waals surface area contributed by atoms with Crippen LogP contribution >= 0.6 is 0 Å². The molecular weight excluding hydrogens is 268 g/mol. The van der Waals surface area contributed by atoms with Crippen LogP contribution in [0.1, 0.15) is 42.1 Å². The zero-order valence-electron chi connectivity index (χ0n) is 12.0. The van der Waals surface area contributed by atoms with Crippen LogP contribution in [0.25, 0.3) is 0 Å². The molecule has 6 nitrogen and oxygen atoms in total. The zero-order valence-corrected chi connectivity index (χ0v) is 12.0. The Bertz CT molecular complexity index is 615. The van der Waals surface area contributed by atoms with Crippen molar-refractivity contribution in [3.8, 4) is 5.88 Å². The summed E-state index contributed by atoms with van der Waals surface area (Å²) in [6.07, 6.45) is 7.91. The van der Waals surface area contributed by atoms with Crippen molar-refractivity contribution in [1.82, 2.24) is 14.8 Å². The van der Waals surface area contributed by atoms with Gasteiger partial charge in [-0.05, 0) is 18.9 Å². The van der Waals surface area contributed by atoms with Gasteiger partial charge in [-0.1, -0.05) is 12.8 Å². The van der Waals surface area contributed by atoms with Gasteiger partial charge in [-0.25, -0.2) is 9.67 Å². The van der Waals surface area contributed by atoms with Gasteiger partial charge in [0.05, 0.1) is 24.9 Å². The lowest BCUT2D eigenvalue weighted by Crippen LogP contribution is -2.17. The van der Waals surface area contributed by atoms with Crippen molar-refractivity contribution in [3.63, 3.8) is 0 Å². The number of amides is 1. The summed E-state index contributed by atoms with van der Waals surface area (Å²) in [4.78, 5) is 16.3. The number of ether oxygens (including phenoxy) is 1. The Balaban J connectivity index is 1.73. The Kier molecular flexibility index (Phi) is 3.85. The summed E-state index contributed by atoms with van der Waals surface area (Å²) in [5.41, 5.74) is 0.495. The Morgan fingerprint density at radius 1 is 1.33 bits per heavy atom. The van der Waals surface area contributed by atoms with E-state index in [1.165, 1.54) is 19.0 Å². The molecule has 2 heterocycles. The number of nitrogens with zero attached hydrogens (tertiary/aromatic N) is 3. The summed E-state index contributed by atoms with van der Waals surface area (Å²) in [6.45, 7) is 0. The number of nitrogens with one attached hydrogen (secondary N) is 1. The van der Waals surface area contributed by atoms with Gasteiger partial charge in [-0.15, -0.1) is 0 Å². The van der Waals surface area contributed by atoms with E-state index in [2.05, 4.69) is 15.4 Å². The van der Waals surface area contributed by atoms with E-state index < -0.39 is 0 Å². The van der Waals surface area contributed by atoms with Gasteiger partial charge in [0.2, 0.25) is 5.88 Å². The molecule has 0 radical (unpaired) electrons. The molecule has 1 saturated carbocycles. The molecule has 0 saturated heterocycles. The van der Waals surface area contributed by atoms with Crippen LogP contribution in [0.2, 0.25) is 0 Å². The number of rotatable bonds is 4. The highest BCUT2D eigenvalue weighted by molar-refractivity contribution is 6.03. The van der Waals surface area contributed by atoms with Crippen molar-refractivity contribution < 1.29 is 9.53 Å². The molecule has 0 atom stereocenters. The van der Waals surface area contributed by atoms with Crippen molar-refractivity contribution in [1.29, 1.82) is 0 Å². The standard InChI is InChI=1S/C15H18N4O2/c1-21-14-7-6-11(10-16-14)15(20)18-13-8-9-17-19(13)12-4-2-3-5-12/h6-10,12H,2-5H2,1H3,(H,18,20). The van der Waals surface area contributed by atoms with Gasteiger partial charge < -0.3 is 10.1 Å². The van der Waals surface area contributed by atoms with E-state index in [1.54, 1.807) is 25.4 Å². The van der Waals surface area contributed by atoms with Gasteiger partial charge >= 0.3 is 0 Å². The minimum atomic E-state index is -0.190. The average Bonchev–Trinajstić information content (AvgIpc) is 3.18. The monoisotopic (exact) mass is 286 g/mol. The molecule has 0 aliphatic heterocycles. The van der Waals surface area contributed by atoms with Crippen molar-refractivity contribution in [2.45, 2.75) is 31.7 Å². The number of carbonyl (C=O) groups excluding carboxylic acids is 1. The Labute approximate surface area is 123 Å². The topological polar surface area (TPSA) is 69.0 Å². The van der Waals surface area contributed by atoms with E-state index in [-0.39, 0.29) is 5.91 Å². The van der Waals surface area contributed by atoms with E-state index >= 15 is 0 Å². The maximum Gasteiger partial charge on any atom is 0.258 e. The number of anilines is 1. The predicted molar refractivity (Wildman–Crippen MR) is 78.5 cm³/mol. The smallest absolute Gasteiger partial charge is 0.258 e. The van der Waals surface area contributed by atoms with Crippen molar-refractivity contribution in [2.75, 3.05) is 12.4 Å². The maximum absolute atomic E-state index is 12.2. The molecule has 2 aromatic rings. The highest BCUT2D eigenvalue weighted by Gasteiger charge is 2.20. The highest BCUT2D eigenvalue weighted by Crippen LogP contribution is 2.31. The fourth-order valence-electron chi connectivity index (χ4n) is 2.68. The molecule has 1 aliphatic carbocycles. The molecule has 110 valence electrons. The number of hydrogen-bond donors (Lipinski definition) is 1. The summed E-state index contributed by atoms with van der Waals surface area (Å²) in [7, 11) is 1.54. The van der Waals surface area contributed by atoms with E-state index in [1.807, 2.05) is 10.7 Å². The molecule has 0 unspecified atom stereocenters. The Hall–Kier alpha value is -2.37. The van der Waals surface area contributed by atoms with Crippen LogP contribution < -0.4 is 10.1 Å². The molecule has 1 fully saturated rings. The third-order valence-electron chi connectivity index (χ3n) is 3.79. The molecule has 1 amide bonds. The van der Waals surface area contributed by atoms with E-state index in [0.29, 0.717) is 17.5 Å². The van der Waals surface area contributed by atoms with Crippen LogP contribution in [0.4, 0.5) is 5.82 Å². The quantitative estimate of drug-likeness (QED) is 0.938. The van der Waals surface area contributed by atoms with Crippen LogP contribution in [0.15, 0.2) is 30.6 Å². The second-order valence-corrected chi connectivity index (χ2v) is 5.14. The van der Waals surface area contributed by atoms with Gasteiger partial charge in [0.1, 0.15) is 5.82 Å². The molecule has 1 aliphatic rings. The third-order valence-corrected chi connectivity index (χ3v) is 3.79. The minimum Gasteiger partial charge on any atom is -0.481 e. The first-order valence-corrected chi connectivity index (χ1v) is 7.13. The number of methoxy groups -OCH3 is 1. The van der Waals surface area contributed by atoms with Gasteiger partial charge in [0.25, 0.3) is 5.91 Å². The van der Waals surface area contributed by atoms with Crippen LogP contribution in [0.3, 0.4) is 0 Å². The third kappa shape index (κ3) is 2.89. The van der Waals surface area contributed by atoms with Gasteiger partial charge in [0.15, 0.2) is 0 Å². The second-order valence-electron chi connectivity index (χ2n) is 5.14. The first-order chi connectivity index (χ1) is 10.3. The molecule has 3 rings (SSSR count). The van der Waals surface area contributed by atoms with Gasteiger partial charge in [0, 0.05) is 18.3 Å². The van der Waals surface area contributed by atoms with Crippen LogP contribution in [0.5, 0.6) is 5.88 Å². The fourth-order valence-corrected chi connectivity index (χ4v) is 2.68. The number of carbonyl (C=O) groups is 1. The van der Waals surface area contributed by atoms with E-state index in [4.69, 9.17) is 4.74 Å². The SMILES string of the molecule is COc1ccc(C(=O)Nc2ccnn2C2CCCC2)cn1. The Morgan fingerprint density at radius 2 is 2.14 bits per heavy atom. The van der Waals surface area contributed by atoms with Gasteiger partial charge in [-0.2, -0.15) is 5.10 Å². The molecule has 0 aromatic carbocycles. The average molecular weight is 286 g/mol. The summed E-state index contributed by atoms with van der Waals surface area (Å²) in [5, 5.41) is 7.24. The summed E-state index contributed by atoms with van der Waals surface area (Å²) in [6, 6.07) is 5.58. The second kappa shape index (κ2) is 5.95. The predicted octanol–water partition coefficient (Wildman–Crippen LogP) is 2.65. The van der Waals surface area contributed by atoms with Crippen molar-refractivity contribution >= 4 is 11.7 Å². The molecular formula is C15H18N4O2. The Morgan fingerprint density at radius 3 is 2.81 bits per heavy atom. The molecule has 0 spiro atoms. The minimum absolute atomic E-state index is 0.190. The highest BCUT2D eigenvalue weighted by atomic mass is 16.5. The molecule has 6 heteroatoms. The number of pyridine rings is 1. The number of hydrogen-bond acceptors (Lipinski definition) is 4. The zero-order chi connectivity index (χ0) is 14.7. The lowest BCUT2D eigenvalue weighted by Gasteiger charge is -2.14. The lowest BCUT2D eigenvalue weighted by atomic mass is 10.2. The summed E-state index contributed by atoms with van der Waals surface area (Å²) >= 11 is 0. The molecule has 0 bridgehead atoms. The summed E-state index contributed by atoms with van der Waals surface area (Å²) in [5.74, 6) is 1.04. The van der Waals surface area contributed by atoms with Crippen LogP contribution in [-0.2, 0) is 0 Å². The maximum atomic E-state index is 12.2. The van der Waals surface area contributed by atoms with E-state index in [0.717, 1.165) is 18.7 Å².